The molecule has 0 unspecified atom stereocenters. The maximum absolute atomic E-state index is 11.9. The van der Waals surface area contributed by atoms with Crippen LogP contribution in [-0.2, 0) is 17.8 Å². The van der Waals surface area contributed by atoms with E-state index in [0.717, 1.165) is 11.1 Å². The molecule has 0 spiro atoms. The maximum Gasteiger partial charge on any atom is 0.319 e. The minimum absolute atomic E-state index is 0.0475. The van der Waals surface area contributed by atoms with Gasteiger partial charge in [-0.05, 0) is 23.3 Å². The number of likely N-dealkylation sites (N-methyl/N-ethyl adjacent to an activating group) is 1. The van der Waals surface area contributed by atoms with Crippen molar-refractivity contribution in [2.45, 2.75) is 13.0 Å². The highest BCUT2D eigenvalue weighted by molar-refractivity contribution is 5.89. The molecule has 0 saturated carbocycles. The summed E-state index contributed by atoms with van der Waals surface area (Å²) in [5.41, 5.74) is 2.65. The molecule has 0 aliphatic carbocycles. The summed E-state index contributed by atoms with van der Waals surface area (Å²) in [7, 11) is 3.46. The molecule has 0 aliphatic heterocycles. The van der Waals surface area contributed by atoms with E-state index in [1.165, 1.54) is 0 Å². The van der Waals surface area contributed by atoms with E-state index < -0.39 is 0 Å². The predicted molar refractivity (Wildman–Crippen MR) is 91.1 cm³/mol. The van der Waals surface area contributed by atoms with Gasteiger partial charge in [-0.1, -0.05) is 42.5 Å². The zero-order chi connectivity index (χ0) is 16.7. The first-order chi connectivity index (χ1) is 11.0. The number of benzene rings is 2. The molecule has 2 rings (SSSR count). The lowest BCUT2D eigenvalue weighted by molar-refractivity contribution is -0.127. The summed E-state index contributed by atoms with van der Waals surface area (Å²) in [5, 5.41) is 5.57. The number of hydrogen-bond donors (Lipinski definition) is 2. The van der Waals surface area contributed by atoms with Gasteiger partial charge in [0.25, 0.3) is 0 Å². The van der Waals surface area contributed by atoms with E-state index in [4.69, 9.17) is 0 Å². The highest BCUT2D eigenvalue weighted by Crippen LogP contribution is 2.10. The SMILES string of the molecule is CN(C)C(=O)Cc1ccc(NC(=O)NCc2ccccc2)cc1. The molecule has 2 N–H and O–H groups in total. The quantitative estimate of drug-likeness (QED) is 0.891. The lowest BCUT2D eigenvalue weighted by atomic mass is 10.1. The molecule has 0 aromatic heterocycles. The Labute approximate surface area is 136 Å². The van der Waals surface area contributed by atoms with E-state index in [1.54, 1.807) is 31.1 Å². The third-order valence-electron chi connectivity index (χ3n) is 3.36. The van der Waals surface area contributed by atoms with E-state index in [1.807, 2.05) is 42.5 Å². The zero-order valence-corrected chi connectivity index (χ0v) is 13.4. The topological polar surface area (TPSA) is 61.4 Å². The van der Waals surface area contributed by atoms with Crippen molar-refractivity contribution in [3.63, 3.8) is 0 Å². The van der Waals surface area contributed by atoms with Crippen LogP contribution in [0.2, 0.25) is 0 Å². The Balaban J connectivity index is 1.83. The van der Waals surface area contributed by atoms with Crippen molar-refractivity contribution in [2.24, 2.45) is 0 Å². The number of carbonyl (C=O) groups is 2. The average Bonchev–Trinajstić information content (AvgIpc) is 2.55. The molecule has 0 heterocycles. The minimum Gasteiger partial charge on any atom is -0.349 e. The van der Waals surface area contributed by atoms with Gasteiger partial charge in [0.05, 0.1) is 6.42 Å². The number of carbonyl (C=O) groups excluding carboxylic acids is 2. The van der Waals surface area contributed by atoms with Gasteiger partial charge in [0.1, 0.15) is 0 Å². The van der Waals surface area contributed by atoms with Crippen molar-refractivity contribution in [1.82, 2.24) is 10.2 Å². The van der Waals surface area contributed by atoms with Crippen LogP contribution in [-0.4, -0.2) is 30.9 Å². The van der Waals surface area contributed by atoms with Gasteiger partial charge in [0.15, 0.2) is 0 Å². The molecule has 5 nitrogen and oxygen atoms in total. The van der Waals surface area contributed by atoms with Crippen LogP contribution in [0.5, 0.6) is 0 Å². The molecule has 0 fully saturated rings. The number of nitrogens with zero attached hydrogens (tertiary/aromatic N) is 1. The van der Waals surface area contributed by atoms with Gasteiger partial charge in [-0.2, -0.15) is 0 Å². The molecule has 0 saturated heterocycles. The van der Waals surface area contributed by atoms with Crippen molar-refractivity contribution in [3.8, 4) is 0 Å². The van der Waals surface area contributed by atoms with Crippen molar-refractivity contribution in [1.29, 1.82) is 0 Å². The van der Waals surface area contributed by atoms with E-state index in [2.05, 4.69) is 10.6 Å². The van der Waals surface area contributed by atoms with Gasteiger partial charge in [0, 0.05) is 26.3 Å². The highest BCUT2D eigenvalue weighted by Gasteiger charge is 2.06. The van der Waals surface area contributed by atoms with Crippen LogP contribution in [0.15, 0.2) is 54.6 Å². The van der Waals surface area contributed by atoms with E-state index >= 15 is 0 Å². The third kappa shape index (κ3) is 5.47. The predicted octanol–water partition coefficient (Wildman–Crippen LogP) is 2.64. The van der Waals surface area contributed by atoms with Gasteiger partial charge in [-0.25, -0.2) is 4.79 Å². The second kappa shape index (κ2) is 7.98. The van der Waals surface area contributed by atoms with Gasteiger partial charge in [-0.3, -0.25) is 4.79 Å². The first-order valence-corrected chi connectivity index (χ1v) is 7.42. The number of hydrogen-bond acceptors (Lipinski definition) is 2. The molecule has 23 heavy (non-hydrogen) atoms. The van der Waals surface area contributed by atoms with Gasteiger partial charge < -0.3 is 15.5 Å². The van der Waals surface area contributed by atoms with Crippen LogP contribution in [0.1, 0.15) is 11.1 Å². The Morgan fingerprint density at radius 3 is 2.17 bits per heavy atom. The van der Waals surface area contributed by atoms with Crippen molar-refractivity contribution < 1.29 is 9.59 Å². The number of anilines is 1. The zero-order valence-electron chi connectivity index (χ0n) is 13.4. The summed E-state index contributed by atoms with van der Waals surface area (Å²) in [4.78, 5) is 25.1. The summed E-state index contributed by atoms with van der Waals surface area (Å²) in [6.07, 6.45) is 0.355. The molecule has 5 heteroatoms. The summed E-state index contributed by atoms with van der Waals surface area (Å²) >= 11 is 0. The molecular weight excluding hydrogens is 290 g/mol. The van der Waals surface area contributed by atoms with Crippen LogP contribution in [0.25, 0.3) is 0 Å². The summed E-state index contributed by atoms with van der Waals surface area (Å²) in [6, 6.07) is 16.7. The first-order valence-electron chi connectivity index (χ1n) is 7.42. The number of urea groups is 1. The third-order valence-corrected chi connectivity index (χ3v) is 3.36. The molecule has 0 aliphatic rings. The fraction of sp³-hybridized carbons (Fsp3) is 0.222. The summed E-state index contributed by atoms with van der Waals surface area (Å²) in [6.45, 7) is 0.474. The van der Waals surface area contributed by atoms with E-state index in [0.29, 0.717) is 18.7 Å². The molecular formula is C18H21N3O2. The minimum atomic E-state index is -0.258. The van der Waals surface area contributed by atoms with E-state index in [-0.39, 0.29) is 11.9 Å². The smallest absolute Gasteiger partial charge is 0.319 e. The largest absolute Gasteiger partial charge is 0.349 e. The monoisotopic (exact) mass is 311 g/mol. The first kappa shape index (κ1) is 16.5. The normalized spacial score (nSPS) is 10.0. The highest BCUT2D eigenvalue weighted by atomic mass is 16.2. The fourth-order valence-corrected chi connectivity index (χ4v) is 1.99. The molecule has 2 aromatic rings. The molecule has 120 valence electrons. The number of nitrogens with one attached hydrogen (secondary N) is 2. The molecule has 2 aromatic carbocycles. The van der Waals surface area contributed by atoms with Gasteiger partial charge in [0.2, 0.25) is 5.91 Å². The molecule has 0 atom stereocenters. The lowest BCUT2D eigenvalue weighted by Crippen LogP contribution is -2.28. The maximum atomic E-state index is 11.9. The Kier molecular flexibility index (Phi) is 5.74. The van der Waals surface area contributed by atoms with Crippen LogP contribution in [0.4, 0.5) is 10.5 Å². The van der Waals surface area contributed by atoms with Gasteiger partial charge in [-0.15, -0.1) is 0 Å². The summed E-state index contributed by atoms with van der Waals surface area (Å²) < 4.78 is 0. The second-order valence-electron chi connectivity index (χ2n) is 5.46. The fourth-order valence-electron chi connectivity index (χ4n) is 1.99. The summed E-state index contributed by atoms with van der Waals surface area (Å²) in [5.74, 6) is 0.0475. The van der Waals surface area contributed by atoms with Crippen molar-refractivity contribution in [2.75, 3.05) is 19.4 Å². The Morgan fingerprint density at radius 1 is 0.913 bits per heavy atom. The van der Waals surface area contributed by atoms with Gasteiger partial charge >= 0.3 is 6.03 Å². The van der Waals surface area contributed by atoms with Crippen molar-refractivity contribution in [3.05, 3.63) is 65.7 Å². The van der Waals surface area contributed by atoms with Crippen LogP contribution in [0, 0.1) is 0 Å². The second-order valence-corrected chi connectivity index (χ2v) is 5.46. The molecule has 0 bridgehead atoms. The lowest BCUT2D eigenvalue weighted by Gasteiger charge is -2.11. The van der Waals surface area contributed by atoms with Crippen LogP contribution < -0.4 is 10.6 Å². The van der Waals surface area contributed by atoms with Crippen LogP contribution in [0.3, 0.4) is 0 Å². The Hall–Kier alpha value is -2.82. The van der Waals surface area contributed by atoms with E-state index in [9.17, 15) is 9.59 Å². The molecule has 3 amide bonds. The number of rotatable bonds is 5. The number of amides is 3. The Morgan fingerprint density at radius 2 is 1.57 bits per heavy atom. The van der Waals surface area contributed by atoms with Crippen molar-refractivity contribution >= 4 is 17.6 Å². The standard InChI is InChI=1S/C18H21N3O2/c1-21(2)17(22)12-14-8-10-16(11-9-14)20-18(23)19-13-15-6-4-3-5-7-15/h3-11H,12-13H2,1-2H3,(H2,19,20,23). The molecule has 0 radical (unpaired) electrons. The average molecular weight is 311 g/mol. The van der Waals surface area contributed by atoms with Crippen LogP contribution >= 0.6 is 0 Å². The Bertz CT molecular complexity index is 652.